The fourth-order valence-corrected chi connectivity index (χ4v) is 3.62. The summed E-state index contributed by atoms with van der Waals surface area (Å²) in [6, 6.07) is 0. The third kappa shape index (κ3) is 2.60. The standard InChI is InChI=1S/C7H12O2S2/c1-3-9-7(8)6-4-10-5(2)11-6/h5-6H,3-4H2,1-2H3. The van der Waals surface area contributed by atoms with Gasteiger partial charge in [0.25, 0.3) is 0 Å². The molecule has 0 aromatic carbocycles. The van der Waals surface area contributed by atoms with E-state index in [9.17, 15) is 4.79 Å². The second-order valence-corrected chi connectivity index (χ2v) is 5.50. The zero-order valence-electron chi connectivity index (χ0n) is 6.70. The van der Waals surface area contributed by atoms with Gasteiger partial charge in [-0.2, -0.15) is 0 Å². The van der Waals surface area contributed by atoms with E-state index in [0.717, 1.165) is 5.75 Å². The second kappa shape index (κ2) is 4.26. The summed E-state index contributed by atoms with van der Waals surface area (Å²) in [4.78, 5) is 11.1. The minimum absolute atomic E-state index is 0.0469. The highest BCUT2D eigenvalue weighted by Gasteiger charge is 2.29. The molecule has 2 unspecified atom stereocenters. The van der Waals surface area contributed by atoms with Crippen molar-refractivity contribution in [3.8, 4) is 0 Å². The molecule has 1 fully saturated rings. The Hall–Kier alpha value is 0.170. The number of carbonyl (C=O) groups excluding carboxylic acids is 1. The monoisotopic (exact) mass is 192 g/mol. The molecule has 1 saturated heterocycles. The average Bonchev–Trinajstić information content (AvgIpc) is 2.36. The van der Waals surface area contributed by atoms with E-state index >= 15 is 0 Å². The Kier molecular flexibility index (Phi) is 3.59. The minimum atomic E-state index is -0.0469. The summed E-state index contributed by atoms with van der Waals surface area (Å²) in [5, 5.41) is 0.0787. The molecule has 1 heterocycles. The summed E-state index contributed by atoms with van der Waals surface area (Å²) in [7, 11) is 0. The molecule has 0 amide bonds. The molecule has 2 nitrogen and oxygen atoms in total. The summed E-state index contributed by atoms with van der Waals surface area (Å²) in [6.45, 7) is 4.46. The lowest BCUT2D eigenvalue weighted by Gasteiger charge is -2.06. The SMILES string of the molecule is CCOC(=O)C1CSC(C)S1. The van der Waals surface area contributed by atoms with Crippen LogP contribution in [0.3, 0.4) is 0 Å². The Morgan fingerprint density at radius 1 is 1.73 bits per heavy atom. The van der Waals surface area contributed by atoms with E-state index in [2.05, 4.69) is 6.92 Å². The molecule has 0 aromatic heterocycles. The van der Waals surface area contributed by atoms with E-state index in [0.29, 0.717) is 11.2 Å². The molecule has 1 aliphatic rings. The summed E-state index contributed by atoms with van der Waals surface area (Å²) in [6.07, 6.45) is 0. The van der Waals surface area contributed by atoms with E-state index in [4.69, 9.17) is 4.74 Å². The van der Waals surface area contributed by atoms with Crippen molar-refractivity contribution in [3.05, 3.63) is 0 Å². The van der Waals surface area contributed by atoms with Gasteiger partial charge in [-0.3, -0.25) is 4.79 Å². The lowest BCUT2D eigenvalue weighted by molar-refractivity contribution is -0.141. The van der Waals surface area contributed by atoms with Crippen molar-refractivity contribution in [2.24, 2.45) is 0 Å². The maximum Gasteiger partial charge on any atom is 0.319 e. The molecule has 2 atom stereocenters. The van der Waals surface area contributed by atoms with Crippen molar-refractivity contribution in [2.45, 2.75) is 23.7 Å². The summed E-state index contributed by atoms with van der Waals surface area (Å²) < 4.78 is 5.45. The number of hydrogen-bond donors (Lipinski definition) is 0. The van der Waals surface area contributed by atoms with E-state index in [1.165, 1.54) is 0 Å². The molecular formula is C7H12O2S2. The van der Waals surface area contributed by atoms with Gasteiger partial charge in [0.1, 0.15) is 5.25 Å². The molecule has 0 aliphatic carbocycles. The first-order chi connectivity index (χ1) is 5.24. The zero-order chi connectivity index (χ0) is 8.27. The van der Waals surface area contributed by atoms with Gasteiger partial charge in [0.05, 0.1) is 6.61 Å². The number of carbonyl (C=O) groups is 1. The molecule has 0 bridgehead atoms. The highest BCUT2D eigenvalue weighted by atomic mass is 32.2. The maximum absolute atomic E-state index is 11.1. The molecule has 1 aliphatic heterocycles. The van der Waals surface area contributed by atoms with E-state index in [-0.39, 0.29) is 11.2 Å². The molecule has 4 heteroatoms. The van der Waals surface area contributed by atoms with Crippen LogP contribution in [0.4, 0.5) is 0 Å². The van der Waals surface area contributed by atoms with Gasteiger partial charge in [-0.15, -0.1) is 23.5 Å². The van der Waals surface area contributed by atoms with Gasteiger partial charge in [-0.05, 0) is 13.8 Å². The molecule has 64 valence electrons. The number of ether oxygens (including phenoxy) is 1. The average molecular weight is 192 g/mol. The number of hydrogen-bond acceptors (Lipinski definition) is 4. The quantitative estimate of drug-likeness (QED) is 0.623. The van der Waals surface area contributed by atoms with E-state index in [1.807, 2.05) is 18.7 Å². The van der Waals surface area contributed by atoms with Gasteiger partial charge in [-0.25, -0.2) is 0 Å². The second-order valence-electron chi connectivity index (χ2n) is 2.28. The Bertz CT molecular complexity index is 149. The lowest BCUT2D eigenvalue weighted by Crippen LogP contribution is -2.19. The molecular weight excluding hydrogens is 180 g/mol. The molecule has 1 rings (SSSR count). The third-order valence-electron chi connectivity index (χ3n) is 1.39. The lowest BCUT2D eigenvalue weighted by atomic mass is 10.5. The highest BCUT2D eigenvalue weighted by molar-refractivity contribution is 8.20. The van der Waals surface area contributed by atoms with E-state index in [1.54, 1.807) is 11.8 Å². The van der Waals surface area contributed by atoms with Gasteiger partial charge in [0, 0.05) is 10.3 Å². The fourth-order valence-electron chi connectivity index (χ4n) is 0.892. The van der Waals surface area contributed by atoms with Crippen LogP contribution in [0.1, 0.15) is 13.8 Å². The molecule has 0 N–H and O–H groups in total. The van der Waals surface area contributed by atoms with Gasteiger partial charge >= 0.3 is 5.97 Å². The van der Waals surface area contributed by atoms with Crippen LogP contribution in [-0.2, 0) is 9.53 Å². The van der Waals surface area contributed by atoms with Crippen molar-refractivity contribution >= 4 is 29.5 Å². The van der Waals surface area contributed by atoms with Crippen LogP contribution in [0, 0.1) is 0 Å². The molecule has 0 radical (unpaired) electrons. The molecule has 11 heavy (non-hydrogen) atoms. The van der Waals surface area contributed by atoms with Crippen molar-refractivity contribution < 1.29 is 9.53 Å². The molecule has 0 spiro atoms. The Morgan fingerprint density at radius 2 is 2.45 bits per heavy atom. The van der Waals surface area contributed by atoms with Crippen molar-refractivity contribution in [3.63, 3.8) is 0 Å². The normalized spacial score (nSPS) is 30.4. The van der Waals surface area contributed by atoms with Gasteiger partial charge in [-0.1, -0.05) is 0 Å². The first-order valence-electron chi connectivity index (χ1n) is 3.67. The zero-order valence-corrected chi connectivity index (χ0v) is 8.33. The van der Waals surface area contributed by atoms with Crippen LogP contribution >= 0.6 is 23.5 Å². The first-order valence-corrected chi connectivity index (χ1v) is 5.67. The van der Waals surface area contributed by atoms with Crippen molar-refractivity contribution in [1.29, 1.82) is 0 Å². The summed E-state index contributed by atoms with van der Waals surface area (Å²) >= 11 is 3.52. The number of rotatable bonds is 2. The maximum atomic E-state index is 11.1. The van der Waals surface area contributed by atoms with Crippen LogP contribution in [-0.4, -0.2) is 28.2 Å². The van der Waals surface area contributed by atoms with Crippen LogP contribution in [0.2, 0.25) is 0 Å². The van der Waals surface area contributed by atoms with Crippen LogP contribution in [0.25, 0.3) is 0 Å². The fraction of sp³-hybridized carbons (Fsp3) is 0.857. The highest BCUT2D eigenvalue weighted by Crippen LogP contribution is 2.37. The van der Waals surface area contributed by atoms with Gasteiger partial charge in [0.2, 0.25) is 0 Å². The molecule has 0 aromatic rings. The largest absolute Gasteiger partial charge is 0.465 e. The Labute approximate surface area is 75.4 Å². The predicted molar refractivity (Wildman–Crippen MR) is 49.9 cm³/mol. The number of esters is 1. The van der Waals surface area contributed by atoms with Gasteiger partial charge in [0.15, 0.2) is 0 Å². The van der Waals surface area contributed by atoms with Crippen molar-refractivity contribution in [2.75, 3.05) is 12.4 Å². The number of thioether (sulfide) groups is 2. The summed E-state index contributed by atoms with van der Waals surface area (Å²) in [5.74, 6) is 0.861. The molecule has 0 saturated carbocycles. The predicted octanol–water partition coefficient (Wildman–Crippen LogP) is 1.74. The van der Waals surface area contributed by atoms with Crippen LogP contribution < -0.4 is 0 Å². The third-order valence-corrected chi connectivity index (χ3v) is 4.41. The minimum Gasteiger partial charge on any atom is -0.465 e. The smallest absolute Gasteiger partial charge is 0.319 e. The first kappa shape index (κ1) is 9.26. The van der Waals surface area contributed by atoms with Crippen LogP contribution in [0.15, 0.2) is 0 Å². The van der Waals surface area contributed by atoms with E-state index < -0.39 is 0 Å². The summed E-state index contributed by atoms with van der Waals surface area (Å²) in [5.41, 5.74) is 0. The topological polar surface area (TPSA) is 26.3 Å². The van der Waals surface area contributed by atoms with Crippen LogP contribution in [0.5, 0.6) is 0 Å². The van der Waals surface area contributed by atoms with Gasteiger partial charge < -0.3 is 4.74 Å². The van der Waals surface area contributed by atoms with Crippen molar-refractivity contribution in [1.82, 2.24) is 0 Å². The Balaban J connectivity index is 2.31. The Morgan fingerprint density at radius 3 is 2.91 bits per heavy atom.